The molecule has 0 saturated heterocycles. The Kier molecular flexibility index (Phi) is 6.05. The quantitative estimate of drug-likeness (QED) is 0.536. The molecule has 0 bridgehead atoms. The van der Waals surface area contributed by atoms with Crippen LogP contribution in [0.3, 0.4) is 0 Å². The second-order valence-electron chi connectivity index (χ2n) is 6.29. The highest BCUT2D eigenvalue weighted by molar-refractivity contribution is 9.10. The topological polar surface area (TPSA) is 47.4 Å². The number of benzene rings is 2. The van der Waals surface area contributed by atoms with Crippen molar-refractivity contribution in [1.82, 2.24) is 14.7 Å². The Morgan fingerprint density at radius 2 is 2.04 bits per heavy atom. The summed E-state index contributed by atoms with van der Waals surface area (Å²) in [4.78, 5) is 14.5. The van der Waals surface area contributed by atoms with Gasteiger partial charge in [-0.2, -0.15) is 5.10 Å². The van der Waals surface area contributed by atoms with Crippen LogP contribution in [0.2, 0.25) is 5.02 Å². The van der Waals surface area contributed by atoms with Gasteiger partial charge in [-0.05, 0) is 57.9 Å². The normalized spacial score (nSPS) is 10.8. The number of carbonyl (C=O) groups excluding carboxylic acids is 1. The maximum atomic E-state index is 13.3. The molecule has 0 unspecified atom stereocenters. The third-order valence-electron chi connectivity index (χ3n) is 4.29. The van der Waals surface area contributed by atoms with Gasteiger partial charge in [-0.3, -0.25) is 9.48 Å². The van der Waals surface area contributed by atoms with Crippen LogP contribution in [0, 0.1) is 5.82 Å². The first kappa shape index (κ1) is 20.4. The molecule has 1 heterocycles. The SMILES string of the molecule is COc1ccc(CN(C)C(=O)c2cc(-c3ccc(F)cc3Cl)nn2C)cc1Br. The molecule has 1 amide bonds. The summed E-state index contributed by atoms with van der Waals surface area (Å²) in [6.45, 7) is 0.416. The molecule has 146 valence electrons. The molecule has 0 saturated carbocycles. The smallest absolute Gasteiger partial charge is 0.272 e. The maximum Gasteiger partial charge on any atom is 0.272 e. The van der Waals surface area contributed by atoms with E-state index in [9.17, 15) is 9.18 Å². The van der Waals surface area contributed by atoms with Gasteiger partial charge in [-0.15, -0.1) is 0 Å². The first-order valence-corrected chi connectivity index (χ1v) is 9.54. The van der Waals surface area contributed by atoms with E-state index in [1.165, 1.54) is 16.8 Å². The van der Waals surface area contributed by atoms with Crippen LogP contribution in [0.1, 0.15) is 16.1 Å². The van der Waals surface area contributed by atoms with Gasteiger partial charge >= 0.3 is 0 Å². The third-order valence-corrected chi connectivity index (χ3v) is 5.22. The molecule has 3 rings (SSSR count). The summed E-state index contributed by atoms with van der Waals surface area (Å²) in [5.41, 5.74) is 2.44. The molecule has 0 atom stereocenters. The van der Waals surface area contributed by atoms with E-state index in [1.54, 1.807) is 38.2 Å². The minimum atomic E-state index is -0.425. The zero-order valence-corrected chi connectivity index (χ0v) is 17.9. The molecule has 0 aliphatic carbocycles. The van der Waals surface area contributed by atoms with Gasteiger partial charge in [0.25, 0.3) is 5.91 Å². The summed E-state index contributed by atoms with van der Waals surface area (Å²) in [6, 6.07) is 11.4. The Morgan fingerprint density at radius 1 is 1.29 bits per heavy atom. The van der Waals surface area contributed by atoms with Gasteiger partial charge in [0.05, 0.1) is 22.3 Å². The zero-order valence-electron chi connectivity index (χ0n) is 15.5. The number of methoxy groups -OCH3 is 1. The highest BCUT2D eigenvalue weighted by atomic mass is 79.9. The molecule has 0 aliphatic heterocycles. The largest absolute Gasteiger partial charge is 0.496 e. The lowest BCUT2D eigenvalue weighted by molar-refractivity contribution is 0.0774. The third kappa shape index (κ3) is 4.20. The molecule has 8 heteroatoms. The van der Waals surface area contributed by atoms with E-state index in [0.29, 0.717) is 23.5 Å². The molecule has 3 aromatic rings. The van der Waals surface area contributed by atoms with Crippen molar-refractivity contribution < 1.29 is 13.9 Å². The number of aromatic nitrogens is 2. The van der Waals surface area contributed by atoms with E-state index in [0.717, 1.165) is 15.8 Å². The van der Waals surface area contributed by atoms with Gasteiger partial charge in [0, 0.05) is 26.2 Å². The Labute approximate surface area is 175 Å². The number of hydrogen-bond acceptors (Lipinski definition) is 3. The Morgan fingerprint density at radius 3 is 2.68 bits per heavy atom. The summed E-state index contributed by atoms with van der Waals surface area (Å²) in [7, 11) is 5.01. The average Bonchev–Trinajstić information content (AvgIpc) is 3.02. The zero-order chi connectivity index (χ0) is 20.4. The molecule has 2 aromatic carbocycles. The number of rotatable bonds is 5. The van der Waals surface area contributed by atoms with Crippen LogP contribution in [0.25, 0.3) is 11.3 Å². The first-order chi connectivity index (χ1) is 13.3. The summed E-state index contributed by atoms with van der Waals surface area (Å²) >= 11 is 9.57. The van der Waals surface area contributed by atoms with Crippen molar-refractivity contribution in [3.63, 3.8) is 0 Å². The summed E-state index contributed by atoms with van der Waals surface area (Å²) < 4.78 is 20.8. The minimum absolute atomic E-state index is 0.188. The van der Waals surface area contributed by atoms with Crippen molar-refractivity contribution in [2.24, 2.45) is 7.05 Å². The maximum absolute atomic E-state index is 13.3. The Bertz CT molecular complexity index is 1040. The average molecular weight is 467 g/mol. The van der Waals surface area contributed by atoms with Crippen molar-refractivity contribution >= 4 is 33.4 Å². The molecule has 0 radical (unpaired) electrons. The van der Waals surface area contributed by atoms with Gasteiger partial charge in [-0.25, -0.2) is 4.39 Å². The van der Waals surface area contributed by atoms with Crippen LogP contribution in [-0.4, -0.2) is 34.7 Å². The van der Waals surface area contributed by atoms with Crippen LogP contribution in [-0.2, 0) is 13.6 Å². The number of ether oxygens (including phenoxy) is 1. The number of carbonyl (C=O) groups is 1. The van der Waals surface area contributed by atoms with Crippen molar-refractivity contribution in [3.05, 3.63) is 69.0 Å². The van der Waals surface area contributed by atoms with E-state index >= 15 is 0 Å². The first-order valence-electron chi connectivity index (χ1n) is 8.37. The van der Waals surface area contributed by atoms with Gasteiger partial charge in [-0.1, -0.05) is 17.7 Å². The van der Waals surface area contributed by atoms with Gasteiger partial charge in [0.1, 0.15) is 17.3 Å². The lowest BCUT2D eigenvalue weighted by Gasteiger charge is -2.17. The van der Waals surface area contributed by atoms with Gasteiger partial charge < -0.3 is 9.64 Å². The monoisotopic (exact) mass is 465 g/mol. The number of hydrogen-bond donors (Lipinski definition) is 0. The minimum Gasteiger partial charge on any atom is -0.496 e. The fraction of sp³-hybridized carbons (Fsp3) is 0.200. The molecule has 28 heavy (non-hydrogen) atoms. The fourth-order valence-corrected chi connectivity index (χ4v) is 3.70. The molecule has 0 N–H and O–H groups in total. The molecule has 0 fully saturated rings. The molecule has 5 nitrogen and oxygen atoms in total. The Balaban J connectivity index is 1.82. The number of halogens is 3. The van der Waals surface area contributed by atoms with Crippen molar-refractivity contribution in [2.75, 3.05) is 14.2 Å². The van der Waals surface area contributed by atoms with E-state index < -0.39 is 5.82 Å². The van der Waals surface area contributed by atoms with Crippen molar-refractivity contribution in [3.8, 4) is 17.0 Å². The highest BCUT2D eigenvalue weighted by Gasteiger charge is 2.19. The van der Waals surface area contributed by atoms with E-state index in [2.05, 4.69) is 21.0 Å². The van der Waals surface area contributed by atoms with E-state index in [1.807, 2.05) is 18.2 Å². The van der Waals surface area contributed by atoms with Crippen LogP contribution in [0.5, 0.6) is 5.75 Å². The highest BCUT2D eigenvalue weighted by Crippen LogP contribution is 2.29. The molecule has 1 aromatic heterocycles. The summed E-state index contributed by atoms with van der Waals surface area (Å²) in [6.07, 6.45) is 0. The number of aryl methyl sites for hydroxylation is 1. The summed E-state index contributed by atoms with van der Waals surface area (Å²) in [5, 5.41) is 4.60. The second kappa shape index (κ2) is 8.32. The fourth-order valence-electron chi connectivity index (χ4n) is 2.85. The molecular formula is C20H18BrClFN3O2. The molecule has 0 spiro atoms. The van der Waals surface area contributed by atoms with Crippen LogP contribution in [0.4, 0.5) is 4.39 Å². The van der Waals surface area contributed by atoms with Crippen molar-refractivity contribution in [2.45, 2.75) is 6.54 Å². The predicted octanol–water partition coefficient (Wildman–Crippen LogP) is 4.92. The second-order valence-corrected chi connectivity index (χ2v) is 7.55. The molecular weight excluding hydrogens is 449 g/mol. The number of nitrogens with zero attached hydrogens (tertiary/aromatic N) is 3. The van der Waals surface area contributed by atoms with Crippen LogP contribution < -0.4 is 4.74 Å². The summed E-state index contributed by atoms with van der Waals surface area (Å²) in [5.74, 6) is 0.114. The Hall–Kier alpha value is -2.38. The van der Waals surface area contributed by atoms with Crippen molar-refractivity contribution in [1.29, 1.82) is 0 Å². The van der Waals surface area contributed by atoms with Gasteiger partial charge in [0.15, 0.2) is 0 Å². The lowest BCUT2D eigenvalue weighted by atomic mass is 10.1. The van der Waals surface area contributed by atoms with Crippen LogP contribution in [0.15, 0.2) is 46.9 Å². The van der Waals surface area contributed by atoms with E-state index in [4.69, 9.17) is 16.3 Å². The number of amides is 1. The van der Waals surface area contributed by atoms with Crippen LogP contribution >= 0.6 is 27.5 Å². The standard InChI is InChI=1S/C20H18BrClFN3O2/c1-25(11-12-4-7-19(28-3)15(21)8-12)20(27)18-10-17(24-26(18)2)14-6-5-13(23)9-16(14)22/h4-10H,11H2,1-3H3. The lowest BCUT2D eigenvalue weighted by Crippen LogP contribution is -2.28. The van der Waals surface area contributed by atoms with E-state index in [-0.39, 0.29) is 10.9 Å². The van der Waals surface area contributed by atoms with Gasteiger partial charge in [0.2, 0.25) is 0 Å². The molecule has 0 aliphatic rings. The predicted molar refractivity (Wildman–Crippen MR) is 110 cm³/mol.